The minimum absolute atomic E-state index is 0.00393. The number of pyridine rings is 1. The van der Waals surface area contributed by atoms with Crippen molar-refractivity contribution in [2.24, 2.45) is 0 Å². The Kier molecular flexibility index (Phi) is 3.75. The number of carbonyl (C=O) groups excluding carboxylic acids is 1. The molecule has 1 unspecified atom stereocenters. The first-order valence-corrected chi connectivity index (χ1v) is 8.75. The molecule has 2 amide bonds. The summed E-state index contributed by atoms with van der Waals surface area (Å²) in [6.07, 6.45) is 6.01. The lowest BCUT2D eigenvalue weighted by Crippen LogP contribution is -2.39. The van der Waals surface area contributed by atoms with Crippen molar-refractivity contribution in [2.45, 2.75) is 25.4 Å². The number of likely N-dealkylation sites (tertiary alicyclic amines) is 1. The van der Waals surface area contributed by atoms with Crippen LogP contribution in [0.2, 0.25) is 0 Å². The number of hydrogen-bond donors (Lipinski definition) is 1. The van der Waals surface area contributed by atoms with Gasteiger partial charge < -0.3 is 14.6 Å². The molecule has 0 radical (unpaired) electrons. The first kappa shape index (κ1) is 14.3. The largest absolute Gasteiger partial charge is 0.332 e. The smallest absolute Gasteiger partial charge is 0.318 e. The van der Waals surface area contributed by atoms with E-state index in [1.807, 2.05) is 39.9 Å². The van der Waals surface area contributed by atoms with Gasteiger partial charge in [-0.1, -0.05) is 6.07 Å². The number of urea groups is 1. The summed E-state index contributed by atoms with van der Waals surface area (Å²) < 4.78 is 1.96. The Hall–Kier alpha value is -2.34. The molecule has 4 heterocycles. The second-order valence-corrected chi connectivity index (χ2v) is 6.55. The third-order valence-corrected chi connectivity index (χ3v) is 4.98. The summed E-state index contributed by atoms with van der Waals surface area (Å²) in [6.45, 7) is 1.27. The number of nitrogens with one attached hydrogen (secondary N) is 1. The van der Waals surface area contributed by atoms with Gasteiger partial charge in [0.1, 0.15) is 5.65 Å². The van der Waals surface area contributed by atoms with Gasteiger partial charge in [0.05, 0.1) is 18.3 Å². The number of rotatable bonds is 3. The SMILES string of the molecule is O=C(NCc1cn2ccccc2n1)N1CCCC1c1ccsc1. The van der Waals surface area contributed by atoms with E-state index >= 15 is 0 Å². The molecule has 118 valence electrons. The number of carbonyl (C=O) groups is 1. The molecule has 6 heteroatoms. The third-order valence-electron chi connectivity index (χ3n) is 4.28. The van der Waals surface area contributed by atoms with Gasteiger partial charge in [0.25, 0.3) is 0 Å². The lowest BCUT2D eigenvalue weighted by Gasteiger charge is -2.24. The van der Waals surface area contributed by atoms with Crippen LogP contribution in [-0.4, -0.2) is 26.9 Å². The molecule has 1 saturated heterocycles. The zero-order chi connectivity index (χ0) is 15.6. The summed E-state index contributed by atoms with van der Waals surface area (Å²) in [5, 5.41) is 7.22. The monoisotopic (exact) mass is 326 g/mol. The number of thiophene rings is 1. The highest BCUT2D eigenvalue weighted by atomic mass is 32.1. The number of fused-ring (bicyclic) bond motifs is 1. The average molecular weight is 326 g/mol. The van der Waals surface area contributed by atoms with Crippen molar-refractivity contribution in [1.29, 1.82) is 0 Å². The zero-order valence-corrected chi connectivity index (χ0v) is 13.5. The molecule has 3 aromatic heterocycles. The molecule has 1 N–H and O–H groups in total. The van der Waals surface area contributed by atoms with Crippen molar-refractivity contribution in [1.82, 2.24) is 19.6 Å². The quantitative estimate of drug-likeness (QED) is 0.801. The minimum atomic E-state index is -0.00393. The van der Waals surface area contributed by atoms with E-state index < -0.39 is 0 Å². The fourth-order valence-electron chi connectivity index (χ4n) is 3.16. The van der Waals surface area contributed by atoms with Crippen molar-refractivity contribution in [3.05, 3.63) is 58.7 Å². The van der Waals surface area contributed by atoms with Crippen LogP contribution in [0.1, 0.15) is 30.1 Å². The molecule has 1 fully saturated rings. The molecule has 0 aromatic carbocycles. The van der Waals surface area contributed by atoms with Gasteiger partial charge in [-0.05, 0) is 47.4 Å². The van der Waals surface area contributed by atoms with E-state index in [1.54, 1.807) is 11.3 Å². The number of nitrogens with zero attached hydrogens (tertiary/aromatic N) is 3. The van der Waals surface area contributed by atoms with Gasteiger partial charge in [-0.3, -0.25) is 0 Å². The third kappa shape index (κ3) is 2.82. The van der Waals surface area contributed by atoms with Crippen LogP contribution in [0, 0.1) is 0 Å². The van der Waals surface area contributed by atoms with Gasteiger partial charge in [0, 0.05) is 18.9 Å². The fraction of sp³-hybridized carbons (Fsp3) is 0.294. The van der Waals surface area contributed by atoms with E-state index in [0.29, 0.717) is 6.54 Å². The van der Waals surface area contributed by atoms with Crippen molar-refractivity contribution in [2.75, 3.05) is 6.54 Å². The highest BCUT2D eigenvalue weighted by molar-refractivity contribution is 7.07. The van der Waals surface area contributed by atoms with Crippen molar-refractivity contribution < 1.29 is 4.79 Å². The molecular weight excluding hydrogens is 308 g/mol. The molecule has 4 rings (SSSR count). The van der Waals surface area contributed by atoms with Crippen molar-refractivity contribution >= 4 is 23.0 Å². The number of imidazole rings is 1. The van der Waals surface area contributed by atoms with E-state index in [0.717, 1.165) is 30.7 Å². The molecule has 0 spiro atoms. The van der Waals surface area contributed by atoms with Gasteiger partial charge in [-0.15, -0.1) is 0 Å². The molecule has 0 bridgehead atoms. The summed E-state index contributed by atoms with van der Waals surface area (Å²) in [4.78, 5) is 19.0. The Morgan fingerprint density at radius 2 is 2.35 bits per heavy atom. The molecule has 1 aliphatic rings. The topological polar surface area (TPSA) is 49.6 Å². The minimum Gasteiger partial charge on any atom is -0.332 e. The predicted molar refractivity (Wildman–Crippen MR) is 90.4 cm³/mol. The maximum Gasteiger partial charge on any atom is 0.318 e. The van der Waals surface area contributed by atoms with Gasteiger partial charge in [-0.2, -0.15) is 11.3 Å². The Bertz CT molecular complexity index is 778. The van der Waals surface area contributed by atoms with Crippen LogP contribution in [0.4, 0.5) is 4.79 Å². The molecule has 5 nitrogen and oxygen atoms in total. The molecule has 0 saturated carbocycles. The van der Waals surface area contributed by atoms with Gasteiger partial charge in [0.2, 0.25) is 0 Å². The lowest BCUT2D eigenvalue weighted by atomic mass is 10.1. The van der Waals surface area contributed by atoms with Gasteiger partial charge in [-0.25, -0.2) is 9.78 Å². The first-order valence-electron chi connectivity index (χ1n) is 7.80. The van der Waals surface area contributed by atoms with E-state index in [-0.39, 0.29) is 12.1 Å². The highest BCUT2D eigenvalue weighted by Gasteiger charge is 2.30. The summed E-state index contributed by atoms with van der Waals surface area (Å²) in [6, 6.07) is 8.20. The lowest BCUT2D eigenvalue weighted by molar-refractivity contribution is 0.192. The summed E-state index contributed by atoms with van der Waals surface area (Å²) in [5.74, 6) is 0. The summed E-state index contributed by atoms with van der Waals surface area (Å²) >= 11 is 1.68. The standard InChI is InChI=1S/C17H18N4OS/c22-17(21-8-3-4-15(21)13-6-9-23-12-13)18-10-14-11-20-7-2-1-5-16(20)19-14/h1-2,5-7,9,11-12,15H,3-4,8,10H2,(H,18,22). The summed E-state index contributed by atoms with van der Waals surface area (Å²) in [5.41, 5.74) is 3.01. The van der Waals surface area contributed by atoms with E-state index in [9.17, 15) is 4.79 Å². The van der Waals surface area contributed by atoms with Gasteiger partial charge >= 0.3 is 6.03 Å². The van der Waals surface area contributed by atoms with Crippen LogP contribution < -0.4 is 5.32 Å². The maximum atomic E-state index is 12.5. The van der Waals surface area contributed by atoms with Crippen LogP contribution in [0.25, 0.3) is 5.65 Å². The zero-order valence-electron chi connectivity index (χ0n) is 12.7. The number of aromatic nitrogens is 2. The van der Waals surface area contributed by atoms with Crippen LogP contribution in [-0.2, 0) is 6.54 Å². The Morgan fingerprint density at radius 3 is 3.17 bits per heavy atom. The summed E-state index contributed by atoms with van der Waals surface area (Å²) in [7, 11) is 0. The molecule has 0 aliphatic carbocycles. The molecule has 1 atom stereocenters. The Morgan fingerprint density at radius 1 is 1.39 bits per heavy atom. The highest BCUT2D eigenvalue weighted by Crippen LogP contribution is 2.32. The molecule has 3 aromatic rings. The van der Waals surface area contributed by atoms with Gasteiger partial charge in [0.15, 0.2) is 0 Å². The molecule has 1 aliphatic heterocycles. The van der Waals surface area contributed by atoms with Crippen LogP contribution >= 0.6 is 11.3 Å². The van der Waals surface area contributed by atoms with Crippen molar-refractivity contribution in [3.63, 3.8) is 0 Å². The van der Waals surface area contributed by atoms with Crippen LogP contribution in [0.15, 0.2) is 47.4 Å². The number of amides is 2. The average Bonchev–Trinajstić information content (AvgIpc) is 3.31. The molecule has 23 heavy (non-hydrogen) atoms. The molecular formula is C17H18N4OS. The second kappa shape index (κ2) is 6.04. The van der Waals surface area contributed by atoms with E-state index in [1.165, 1.54) is 5.56 Å². The fourth-order valence-corrected chi connectivity index (χ4v) is 3.87. The van der Waals surface area contributed by atoms with E-state index in [4.69, 9.17) is 0 Å². The second-order valence-electron chi connectivity index (χ2n) is 5.77. The number of hydrogen-bond acceptors (Lipinski definition) is 3. The predicted octanol–water partition coefficient (Wildman–Crippen LogP) is 3.44. The Labute approximate surface area is 138 Å². The van der Waals surface area contributed by atoms with Crippen LogP contribution in [0.5, 0.6) is 0 Å². The maximum absolute atomic E-state index is 12.5. The first-order chi connectivity index (χ1) is 11.3. The van der Waals surface area contributed by atoms with E-state index in [2.05, 4.69) is 27.1 Å². The normalized spacial score (nSPS) is 17.7. The Balaban J connectivity index is 1.43. The van der Waals surface area contributed by atoms with Crippen molar-refractivity contribution in [3.8, 4) is 0 Å². The van der Waals surface area contributed by atoms with Crippen LogP contribution in [0.3, 0.4) is 0 Å².